The third-order valence-electron chi connectivity index (χ3n) is 2.89. The maximum absolute atomic E-state index is 9.86. The molecule has 0 amide bonds. The number of hydrogen-bond acceptors (Lipinski definition) is 4. The molecule has 1 fully saturated rings. The zero-order valence-electron chi connectivity index (χ0n) is 10.7. The van der Waals surface area contributed by atoms with E-state index in [0.29, 0.717) is 19.2 Å². The van der Waals surface area contributed by atoms with Crippen LogP contribution in [0.15, 0.2) is 0 Å². The van der Waals surface area contributed by atoms with E-state index < -0.39 is 6.10 Å². The molecule has 0 aliphatic carbocycles. The zero-order chi connectivity index (χ0) is 12.0. The van der Waals surface area contributed by atoms with Gasteiger partial charge in [-0.05, 0) is 20.3 Å². The van der Waals surface area contributed by atoms with Gasteiger partial charge in [-0.3, -0.25) is 4.90 Å². The summed E-state index contributed by atoms with van der Waals surface area (Å²) in [5.41, 5.74) is 0. The van der Waals surface area contributed by atoms with Gasteiger partial charge in [-0.2, -0.15) is 0 Å². The molecule has 0 spiro atoms. The molecule has 0 saturated carbocycles. The summed E-state index contributed by atoms with van der Waals surface area (Å²) < 4.78 is 10.8. The van der Waals surface area contributed by atoms with E-state index in [1.165, 1.54) is 0 Å². The van der Waals surface area contributed by atoms with Crippen LogP contribution in [0.5, 0.6) is 0 Å². The minimum atomic E-state index is -0.394. The van der Waals surface area contributed by atoms with Crippen molar-refractivity contribution in [1.29, 1.82) is 0 Å². The van der Waals surface area contributed by atoms with Crippen LogP contribution in [-0.2, 0) is 9.47 Å². The fraction of sp³-hybridized carbons (Fsp3) is 1.00. The van der Waals surface area contributed by atoms with Crippen molar-refractivity contribution in [2.24, 2.45) is 0 Å². The maximum atomic E-state index is 9.86. The van der Waals surface area contributed by atoms with E-state index in [1.807, 2.05) is 13.8 Å². The van der Waals surface area contributed by atoms with Gasteiger partial charge in [-0.1, -0.05) is 6.92 Å². The van der Waals surface area contributed by atoms with Crippen molar-refractivity contribution < 1.29 is 14.6 Å². The molecule has 16 heavy (non-hydrogen) atoms. The molecule has 2 atom stereocenters. The van der Waals surface area contributed by atoms with Gasteiger partial charge in [0.2, 0.25) is 0 Å². The molecule has 0 aromatic rings. The molecular weight excluding hydrogens is 206 g/mol. The number of aliphatic hydroxyl groups is 1. The lowest BCUT2D eigenvalue weighted by Gasteiger charge is -2.36. The minimum Gasteiger partial charge on any atom is -0.389 e. The van der Waals surface area contributed by atoms with Gasteiger partial charge in [0.05, 0.1) is 32.0 Å². The molecular formula is C12H25NO3. The van der Waals surface area contributed by atoms with Crippen molar-refractivity contribution >= 4 is 0 Å². The van der Waals surface area contributed by atoms with Crippen molar-refractivity contribution in [2.45, 2.75) is 45.4 Å². The first-order valence-electron chi connectivity index (χ1n) is 6.25. The topological polar surface area (TPSA) is 41.9 Å². The van der Waals surface area contributed by atoms with Crippen LogP contribution >= 0.6 is 0 Å². The van der Waals surface area contributed by atoms with Crippen LogP contribution in [0.25, 0.3) is 0 Å². The highest BCUT2D eigenvalue weighted by molar-refractivity contribution is 4.76. The van der Waals surface area contributed by atoms with Gasteiger partial charge in [0, 0.05) is 19.1 Å². The summed E-state index contributed by atoms with van der Waals surface area (Å²) >= 11 is 0. The Morgan fingerprint density at radius 3 is 2.88 bits per heavy atom. The van der Waals surface area contributed by atoms with Crippen LogP contribution in [0.3, 0.4) is 0 Å². The van der Waals surface area contributed by atoms with Crippen LogP contribution in [0.1, 0.15) is 27.2 Å². The largest absolute Gasteiger partial charge is 0.389 e. The number of morpholine rings is 1. The van der Waals surface area contributed by atoms with E-state index in [-0.39, 0.29) is 6.10 Å². The van der Waals surface area contributed by atoms with Gasteiger partial charge in [-0.25, -0.2) is 0 Å². The Kier molecular flexibility index (Phi) is 6.28. The monoisotopic (exact) mass is 231 g/mol. The lowest BCUT2D eigenvalue weighted by Crippen LogP contribution is -2.48. The zero-order valence-corrected chi connectivity index (χ0v) is 10.7. The molecule has 1 rings (SSSR count). The Hall–Kier alpha value is -0.160. The Labute approximate surface area is 98.5 Å². The number of hydrogen-bond donors (Lipinski definition) is 1. The molecule has 4 nitrogen and oxygen atoms in total. The Morgan fingerprint density at radius 2 is 2.25 bits per heavy atom. The van der Waals surface area contributed by atoms with Crippen molar-refractivity contribution in [3.63, 3.8) is 0 Å². The molecule has 0 aromatic heterocycles. The molecule has 4 heteroatoms. The maximum Gasteiger partial charge on any atom is 0.0900 e. The SMILES string of the molecule is CCC1COCCN1CC(O)COC(C)C. The van der Waals surface area contributed by atoms with E-state index in [0.717, 1.165) is 26.2 Å². The van der Waals surface area contributed by atoms with Gasteiger partial charge < -0.3 is 14.6 Å². The first-order valence-corrected chi connectivity index (χ1v) is 6.25. The van der Waals surface area contributed by atoms with Crippen molar-refractivity contribution in [3.8, 4) is 0 Å². The van der Waals surface area contributed by atoms with Gasteiger partial charge in [0.1, 0.15) is 0 Å². The summed E-state index contributed by atoms with van der Waals surface area (Å²) in [6.45, 7) is 9.70. The molecule has 1 aliphatic heterocycles. The van der Waals surface area contributed by atoms with E-state index >= 15 is 0 Å². The summed E-state index contributed by atoms with van der Waals surface area (Å²) in [6.07, 6.45) is 0.855. The smallest absolute Gasteiger partial charge is 0.0900 e. The standard InChI is InChI=1S/C12H25NO3/c1-4-11-8-15-6-5-13(11)7-12(14)9-16-10(2)3/h10-12,14H,4-9H2,1-3H3. The molecule has 1 aliphatic rings. The number of ether oxygens (including phenoxy) is 2. The minimum absolute atomic E-state index is 0.182. The molecule has 96 valence electrons. The summed E-state index contributed by atoms with van der Waals surface area (Å²) in [6, 6.07) is 0.447. The second kappa shape index (κ2) is 7.22. The fourth-order valence-corrected chi connectivity index (χ4v) is 1.93. The first kappa shape index (κ1) is 13.9. The third kappa shape index (κ3) is 4.78. The van der Waals surface area contributed by atoms with E-state index in [9.17, 15) is 5.11 Å². The van der Waals surface area contributed by atoms with E-state index in [1.54, 1.807) is 0 Å². The highest BCUT2D eigenvalue weighted by Gasteiger charge is 2.23. The van der Waals surface area contributed by atoms with Crippen molar-refractivity contribution in [1.82, 2.24) is 4.90 Å². The molecule has 0 bridgehead atoms. The summed E-state index contributed by atoms with van der Waals surface area (Å²) in [4.78, 5) is 2.30. The molecule has 1 saturated heterocycles. The molecule has 2 unspecified atom stereocenters. The molecule has 0 radical (unpaired) electrons. The quantitative estimate of drug-likeness (QED) is 0.737. The second-order valence-corrected chi connectivity index (χ2v) is 4.67. The summed E-state index contributed by atoms with van der Waals surface area (Å²) in [5.74, 6) is 0. The first-order chi connectivity index (χ1) is 7.63. The molecule has 0 aromatic carbocycles. The number of aliphatic hydroxyl groups excluding tert-OH is 1. The van der Waals surface area contributed by atoms with Gasteiger partial charge >= 0.3 is 0 Å². The highest BCUT2D eigenvalue weighted by Crippen LogP contribution is 2.10. The molecule has 1 heterocycles. The predicted octanol–water partition coefficient (Wildman–Crippen LogP) is 0.883. The average Bonchev–Trinajstić information content (AvgIpc) is 2.27. The number of β-amino-alcohol motifs (C(OH)–C–C–N with tert-alkyl or cyclic N) is 1. The van der Waals surface area contributed by atoms with Gasteiger partial charge in [-0.15, -0.1) is 0 Å². The van der Waals surface area contributed by atoms with Crippen molar-refractivity contribution in [3.05, 3.63) is 0 Å². The summed E-state index contributed by atoms with van der Waals surface area (Å²) in [5, 5.41) is 9.86. The van der Waals surface area contributed by atoms with Crippen LogP contribution in [0.4, 0.5) is 0 Å². The van der Waals surface area contributed by atoms with Crippen molar-refractivity contribution in [2.75, 3.05) is 32.9 Å². The fourth-order valence-electron chi connectivity index (χ4n) is 1.93. The normalized spacial score (nSPS) is 24.9. The van der Waals surface area contributed by atoms with E-state index in [2.05, 4.69) is 11.8 Å². The van der Waals surface area contributed by atoms with Gasteiger partial charge in [0.25, 0.3) is 0 Å². The average molecular weight is 231 g/mol. The van der Waals surface area contributed by atoms with Crippen LogP contribution in [0, 0.1) is 0 Å². The number of rotatable bonds is 6. The second-order valence-electron chi connectivity index (χ2n) is 4.67. The Bertz CT molecular complexity index is 187. The van der Waals surface area contributed by atoms with Crippen LogP contribution in [-0.4, -0.2) is 61.2 Å². The van der Waals surface area contributed by atoms with Crippen LogP contribution in [0.2, 0.25) is 0 Å². The third-order valence-corrected chi connectivity index (χ3v) is 2.89. The summed E-state index contributed by atoms with van der Waals surface area (Å²) in [7, 11) is 0. The highest BCUT2D eigenvalue weighted by atomic mass is 16.5. The Balaban J connectivity index is 2.27. The lowest BCUT2D eigenvalue weighted by atomic mass is 10.1. The predicted molar refractivity (Wildman–Crippen MR) is 63.6 cm³/mol. The molecule has 1 N–H and O–H groups in total. The van der Waals surface area contributed by atoms with Gasteiger partial charge in [0.15, 0.2) is 0 Å². The van der Waals surface area contributed by atoms with E-state index in [4.69, 9.17) is 9.47 Å². The van der Waals surface area contributed by atoms with Crippen LogP contribution < -0.4 is 0 Å². The Morgan fingerprint density at radius 1 is 1.50 bits per heavy atom. The lowest BCUT2D eigenvalue weighted by molar-refractivity contribution is -0.0508. The number of nitrogens with zero attached hydrogens (tertiary/aromatic N) is 1.